The topological polar surface area (TPSA) is 75.0 Å². The summed E-state index contributed by atoms with van der Waals surface area (Å²) in [6, 6.07) is 9.98. The SMILES string of the molecule is Cc1cccc(Oc2c(C(F)(F)F)oc3cc(O[C@@H](C)C(=O)OC(C)C)ccc3c2=O)c1. The Morgan fingerprint density at radius 3 is 2.38 bits per heavy atom. The second-order valence-corrected chi connectivity index (χ2v) is 7.41. The Kier molecular flexibility index (Phi) is 6.47. The van der Waals surface area contributed by atoms with E-state index in [9.17, 15) is 22.8 Å². The van der Waals surface area contributed by atoms with Gasteiger partial charge in [0.15, 0.2) is 6.10 Å². The van der Waals surface area contributed by atoms with Crippen molar-refractivity contribution in [3.05, 3.63) is 64.0 Å². The van der Waals surface area contributed by atoms with Gasteiger partial charge in [0.2, 0.25) is 11.2 Å². The molecule has 0 fully saturated rings. The summed E-state index contributed by atoms with van der Waals surface area (Å²) in [6.45, 7) is 6.51. The summed E-state index contributed by atoms with van der Waals surface area (Å²) in [6.07, 6.45) is -6.37. The minimum absolute atomic E-state index is 0.0364. The number of ether oxygens (including phenoxy) is 3. The second kappa shape index (κ2) is 8.94. The quantitative estimate of drug-likeness (QED) is 0.453. The third-order valence-corrected chi connectivity index (χ3v) is 4.29. The van der Waals surface area contributed by atoms with Crippen molar-refractivity contribution in [3.63, 3.8) is 0 Å². The molecule has 32 heavy (non-hydrogen) atoms. The van der Waals surface area contributed by atoms with Crippen molar-refractivity contribution in [2.45, 2.75) is 46.1 Å². The lowest BCUT2D eigenvalue weighted by molar-refractivity contribution is -0.155. The van der Waals surface area contributed by atoms with E-state index in [1.165, 1.54) is 31.2 Å². The Labute approximate surface area is 181 Å². The van der Waals surface area contributed by atoms with E-state index in [4.69, 9.17) is 18.6 Å². The summed E-state index contributed by atoms with van der Waals surface area (Å²) < 4.78 is 61.8. The summed E-state index contributed by atoms with van der Waals surface area (Å²) >= 11 is 0. The number of benzene rings is 2. The van der Waals surface area contributed by atoms with Crippen molar-refractivity contribution in [1.82, 2.24) is 0 Å². The molecular weight excluding hydrogens is 429 g/mol. The molecule has 0 saturated heterocycles. The van der Waals surface area contributed by atoms with Crippen molar-refractivity contribution in [3.8, 4) is 17.2 Å². The first-order valence-corrected chi connectivity index (χ1v) is 9.75. The average molecular weight is 450 g/mol. The maximum Gasteiger partial charge on any atom is 0.453 e. The van der Waals surface area contributed by atoms with Crippen molar-refractivity contribution in [1.29, 1.82) is 0 Å². The molecule has 3 rings (SSSR count). The lowest BCUT2D eigenvalue weighted by Gasteiger charge is -2.16. The van der Waals surface area contributed by atoms with Crippen molar-refractivity contribution in [2.24, 2.45) is 0 Å². The van der Waals surface area contributed by atoms with Crippen LogP contribution in [0.3, 0.4) is 0 Å². The number of carbonyl (C=O) groups is 1. The number of fused-ring (bicyclic) bond motifs is 1. The number of alkyl halides is 3. The van der Waals surface area contributed by atoms with Crippen LogP contribution in [0.2, 0.25) is 0 Å². The van der Waals surface area contributed by atoms with Crippen LogP contribution in [0.4, 0.5) is 13.2 Å². The van der Waals surface area contributed by atoms with Crippen molar-refractivity contribution < 1.29 is 36.6 Å². The molecular formula is C23H21F3O6. The number of hydrogen-bond donors (Lipinski definition) is 0. The number of hydrogen-bond acceptors (Lipinski definition) is 6. The highest BCUT2D eigenvalue weighted by atomic mass is 19.4. The normalized spacial score (nSPS) is 12.6. The van der Waals surface area contributed by atoms with Gasteiger partial charge in [0.25, 0.3) is 5.76 Å². The maximum absolute atomic E-state index is 13.7. The van der Waals surface area contributed by atoms with E-state index in [1.807, 2.05) is 0 Å². The molecule has 0 bridgehead atoms. The van der Waals surface area contributed by atoms with Gasteiger partial charge < -0.3 is 18.6 Å². The zero-order chi connectivity index (χ0) is 23.6. The van der Waals surface area contributed by atoms with Gasteiger partial charge in [-0.2, -0.15) is 13.2 Å². The lowest BCUT2D eigenvalue weighted by Crippen LogP contribution is -2.28. The summed E-state index contributed by atoms with van der Waals surface area (Å²) in [5.41, 5.74) is -0.604. The number of halogens is 3. The minimum Gasteiger partial charge on any atom is -0.479 e. The van der Waals surface area contributed by atoms with Crippen LogP contribution < -0.4 is 14.9 Å². The Bertz CT molecular complexity index is 1200. The Morgan fingerprint density at radius 2 is 1.75 bits per heavy atom. The molecule has 0 radical (unpaired) electrons. The predicted octanol–water partition coefficient (Wildman–Crippen LogP) is 5.63. The van der Waals surface area contributed by atoms with Gasteiger partial charge in [-0.1, -0.05) is 12.1 Å². The van der Waals surface area contributed by atoms with Gasteiger partial charge in [-0.05, 0) is 57.5 Å². The van der Waals surface area contributed by atoms with Gasteiger partial charge in [0.1, 0.15) is 17.1 Å². The number of esters is 1. The summed E-state index contributed by atoms with van der Waals surface area (Å²) in [7, 11) is 0. The summed E-state index contributed by atoms with van der Waals surface area (Å²) in [5, 5.41) is -0.134. The maximum atomic E-state index is 13.7. The molecule has 0 aliphatic carbocycles. The zero-order valence-electron chi connectivity index (χ0n) is 17.8. The highest BCUT2D eigenvalue weighted by Gasteiger charge is 2.40. The molecule has 0 aliphatic rings. The van der Waals surface area contributed by atoms with Gasteiger partial charge in [0.05, 0.1) is 11.5 Å². The molecule has 0 spiro atoms. The van der Waals surface area contributed by atoms with Crippen LogP contribution in [-0.4, -0.2) is 18.2 Å². The molecule has 0 amide bonds. The van der Waals surface area contributed by atoms with Crippen molar-refractivity contribution >= 4 is 16.9 Å². The average Bonchev–Trinajstić information content (AvgIpc) is 2.68. The first-order chi connectivity index (χ1) is 15.0. The molecule has 3 aromatic rings. The van der Waals surface area contributed by atoms with Crippen LogP contribution in [-0.2, 0) is 15.7 Å². The van der Waals surface area contributed by atoms with E-state index in [1.54, 1.807) is 32.9 Å². The fraction of sp³-hybridized carbons (Fsp3) is 0.304. The summed E-state index contributed by atoms with van der Waals surface area (Å²) in [4.78, 5) is 24.8. The van der Waals surface area contributed by atoms with Crippen molar-refractivity contribution in [2.75, 3.05) is 0 Å². The second-order valence-electron chi connectivity index (χ2n) is 7.41. The van der Waals surface area contributed by atoms with E-state index in [0.717, 1.165) is 11.6 Å². The van der Waals surface area contributed by atoms with Crippen LogP contribution >= 0.6 is 0 Å². The van der Waals surface area contributed by atoms with Crippen LogP contribution in [0.1, 0.15) is 32.1 Å². The van der Waals surface area contributed by atoms with Gasteiger partial charge in [-0.25, -0.2) is 4.79 Å². The van der Waals surface area contributed by atoms with E-state index < -0.39 is 35.2 Å². The monoisotopic (exact) mass is 450 g/mol. The van der Waals surface area contributed by atoms with E-state index in [2.05, 4.69) is 0 Å². The minimum atomic E-state index is -4.99. The Hall–Kier alpha value is -3.49. The lowest BCUT2D eigenvalue weighted by atomic mass is 10.2. The van der Waals surface area contributed by atoms with Gasteiger partial charge in [0, 0.05) is 6.07 Å². The Morgan fingerprint density at radius 1 is 1.03 bits per heavy atom. The van der Waals surface area contributed by atoms with E-state index >= 15 is 0 Å². The van der Waals surface area contributed by atoms with Gasteiger partial charge >= 0.3 is 12.1 Å². The van der Waals surface area contributed by atoms with Crippen LogP contribution in [0, 0.1) is 6.92 Å². The molecule has 9 heteroatoms. The summed E-state index contributed by atoms with van der Waals surface area (Å²) in [5.74, 6) is -3.06. The molecule has 2 aromatic carbocycles. The predicted molar refractivity (Wildman–Crippen MR) is 110 cm³/mol. The fourth-order valence-corrected chi connectivity index (χ4v) is 2.89. The van der Waals surface area contributed by atoms with E-state index in [0.29, 0.717) is 0 Å². The number of rotatable bonds is 6. The number of carbonyl (C=O) groups excluding carboxylic acids is 1. The van der Waals surface area contributed by atoms with Crippen LogP contribution in [0.15, 0.2) is 51.7 Å². The molecule has 0 unspecified atom stereocenters. The van der Waals surface area contributed by atoms with Gasteiger partial charge in [-0.15, -0.1) is 0 Å². The zero-order valence-corrected chi connectivity index (χ0v) is 17.8. The molecule has 6 nitrogen and oxygen atoms in total. The van der Waals surface area contributed by atoms with Crippen LogP contribution in [0.5, 0.6) is 17.2 Å². The highest BCUT2D eigenvalue weighted by Crippen LogP contribution is 2.38. The molecule has 0 N–H and O–H groups in total. The smallest absolute Gasteiger partial charge is 0.453 e. The number of aryl methyl sites for hydroxylation is 1. The largest absolute Gasteiger partial charge is 0.479 e. The Balaban J connectivity index is 2.03. The molecule has 170 valence electrons. The molecule has 0 saturated carbocycles. The third kappa shape index (κ3) is 5.22. The molecule has 1 atom stereocenters. The first kappa shape index (κ1) is 23.2. The van der Waals surface area contributed by atoms with Crippen LogP contribution in [0.25, 0.3) is 11.0 Å². The molecule has 0 aliphatic heterocycles. The third-order valence-electron chi connectivity index (χ3n) is 4.29. The fourth-order valence-electron chi connectivity index (χ4n) is 2.89. The molecule has 1 heterocycles. The van der Waals surface area contributed by atoms with E-state index in [-0.39, 0.29) is 28.6 Å². The van der Waals surface area contributed by atoms with Gasteiger partial charge in [-0.3, -0.25) is 4.79 Å². The standard InChI is InChI=1S/C23H21F3O6/c1-12(2)29-22(28)14(4)30-16-8-9-17-18(11-16)32-21(23(24,25)26)20(19(17)27)31-15-7-5-6-13(3)10-15/h5-12,14H,1-4H3/t14-/m0/s1. The highest BCUT2D eigenvalue weighted by molar-refractivity contribution is 5.80. The first-order valence-electron chi connectivity index (χ1n) is 9.75. The molecule has 1 aromatic heterocycles.